The molecule has 0 radical (unpaired) electrons. The minimum atomic E-state index is -1.39. The number of benzene rings is 1. The van der Waals surface area contributed by atoms with E-state index in [2.05, 4.69) is 13.0 Å². The Morgan fingerprint density at radius 1 is 1.14 bits per heavy atom. The van der Waals surface area contributed by atoms with Crippen molar-refractivity contribution in [1.82, 2.24) is 0 Å². The summed E-state index contributed by atoms with van der Waals surface area (Å²) in [6, 6.07) is 8.51. The molecule has 9 nitrogen and oxygen atoms in total. The monoisotopic (exact) mass is 582 g/mol. The number of carbonyl (C=O) groups is 3. The van der Waals surface area contributed by atoms with Crippen LogP contribution in [0.2, 0.25) is 0 Å². The molecule has 6 rings (SSSR count). The van der Waals surface area contributed by atoms with E-state index >= 15 is 0 Å². The van der Waals surface area contributed by atoms with Gasteiger partial charge in [-0.3, -0.25) is 4.79 Å². The molecule has 1 aromatic rings. The number of aliphatic hydroxyl groups excluding tert-OH is 1. The van der Waals surface area contributed by atoms with Crippen LogP contribution in [0.15, 0.2) is 42.0 Å². The van der Waals surface area contributed by atoms with Crippen LogP contribution in [0.5, 0.6) is 0 Å². The summed E-state index contributed by atoms with van der Waals surface area (Å²) in [4.78, 5) is 39.7. The molecule has 5 aliphatic rings. The first-order valence-corrected chi connectivity index (χ1v) is 15.2. The van der Waals surface area contributed by atoms with Crippen molar-refractivity contribution in [1.29, 1.82) is 0 Å². The van der Waals surface area contributed by atoms with E-state index in [1.165, 1.54) is 7.11 Å². The third-order valence-electron chi connectivity index (χ3n) is 11.6. The normalized spacial score (nSPS) is 45.1. The molecule has 1 saturated heterocycles. The van der Waals surface area contributed by atoms with E-state index in [9.17, 15) is 24.6 Å². The Labute approximate surface area is 246 Å². The molecular weight excluding hydrogens is 540 g/mol. The van der Waals surface area contributed by atoms with Crippen molar-refractivity contribution in [3.05, 3.63) is 47.5 Å². The number of methoxy groups -OCH3 is 1. The van der Waals surface area contributed by atoms with Gasteiger partial charge in [-0.25, -0.2) is 4.79 Å². The predicted octanol–water partition coefficient (Wildman–Crippen LogP) is 3.88. The fourth-order valence-electron chi connectivity index (χ4n) is 10.3. The number of carboxylic acid groups (broad SMARTS) is 1. The molecule has 9 heteroatoms. The summed E-state index contributed by atoms with van der Waals surface area (Å²) < 4.78 is 24.0. The number of fused-ring (bicyclic) bond motifs is 2. The average Bonchev–Trinajstić information content (AvgIpc) is 3.64. The molecule has 4 unspecified atom stereocenters. The van der Waals surface area contributed by atoms with Crippen molar-refractivity contribution >= 4 is 18.2 Å². The molecule has 0 amide bonds. The Kier molecular flexibility index (Phi) is 7.20. The first-order valence-electron chi connectivity index (χ1n) is 15.2. The summed E-state index contributed by atoms with van der Waals surface area (Å²) in [5, 5.41) is 22.6. The van der Waals surface area contributed by atoms with Crippen LogP contribution < -0.4 is 0 Å². The van der Waals surface area contributed by atoms with E-state index in [1.54, 1.807) is 37.3 Å². The number of aldehydes is 1. The molecule has 4 aliphatic carbocycles. The molecular formula is C33H42O9. The molecule has 4 bridgehead atoms. The maximum absolute atomic E-state index is 13.6. The highest BCUT2D eigenvalue weighted by Crippen LogP contribution is 2.87. The van der Waals surface area contributed by atoms with Gasteiger partial charge in [-0.05, 0) is 61.5 Å². The number of hydrogen-bond donors (Lipinski definition) is 2. The highest BCUT2D eigenvalue weighted by atomic mass is 16.7. The molecule has 1 aromatic carbocycles. The third kappa shape index (κ3) is 3.54. The van der Waals surface area contributed by atoms with E-state index in [4.69, 9.17) is 18.9 Å². The number of esters is 1. The molecule has 0 spiro atoms. The molecule has 42 heavy (non-hydrogen) atoms. The molecule has 1 heterocycles. The van der Waals surface area contributed by atoms with Crippen molar-refractivity contribution in [3.63, 3.8) is 0 Å². The second-order valence-electron chi connectivity index (χ2n) is 13.5. The topological polar surface area (TPSA) is 129 Å². The van der Waals surface area contributed by atoms with Crippen LogP contribution in [-0.4, -0.2) is 72.9 Å². The van der Waals surface area contributed by atoms with E-state index in [1.807, 2.05) is 13.8 Å². The molecule has 12 atom stereocenters. The van der Waals surface area contributed by atoms with E-state index in [0.29, 0.717) is 12.0 Å². The van der Waals surface area contributed by atoms with Gasteiger partial charge in [-0.1, -0.05) is 57.0 Å². The van der Waals surface area contributed by atoms with Gasteiger partial charge in [-0.2, -0.15) is 0 Å². The highest BCUT2D eigenvalue weighted by Gasteiger charge is 2.89. The summed E-state index contributed by atoms with van der Waals surface area (Å²) >= 11 is 0. The number of aliphatic carboxylic acids is 1. The number of hydrogen-bond acceptors (Lipinski definition) is 8. The zero-order valence-electron chi connectivity index (χ0n) is 24.9. The summed E-state index contributed by atoms with van der Waals surface area (Å²) in [5.41, 5.74) is -2.09. The Bertz CT molecular complexity index is 1280. The third-order valence-corrected chi connectivity index (χ3v) is 11.6. The van der Waals surface area contributed by atoms with Crippen molar-refractivity contribution < 1.29 is 43.5 Å². The molecule has 1 aliphatic heterocycles. The van der Waals surface area contributed by atoms with Crippen LogP contribution in [0.4, 0.5) is 0 Å². The highest BCUT2D eigenvalue weighted by molar-refractivity contribution is 5.91. The Hall–Kier alpha value is -2.59. The lowest BCUT2D eigenvalue weighted by Gasteiger charge is -2.48. The van der Waals surface area contributed by atoms with Gasteiger partial charge < -0.3 is 34.0 Å². The van der Waals surface area contributed by atoms with Crippen molar-refractivity contribution in [2.45, 2.75) is 77.7 Å². The van der Waals surface area contributed by atoms with Crippen LogP contribution in [0, 0.1) is 45.8 Å². The molecule has 3 saturated carbocycles. The summed E-state index contributed by atoms with van der Waals surface area (Å²) in [7, 11) is 1.46. The number of rotatable bonds is 9. The number of aliphatic hydroxyl groups is 1. The fraction of sp³-hybridized carbons (Fsp3) is 0.667. The van der Waals surface area contributed by atoms with Gasteiger partial charge in [0.25, 0.3) is 0 Å². The number of ether oxygens (including phenoxy) is 4. The lowest BCUT2D eigenvalue weighted by atomic mass is 9.55. The standard InChI is InChI=1S/C33H42O9/c1-17(2)23-13-21-14-31(15-34)22-12-11-18(3)24(22)32(21,33(23,31)30(37)38)16-40-29-25(35)27(26(39-5)19(4)41-29)42-28(36)20-9-7-6-8-10-20/h6-10,13,15,17-19,21-22,24-27,29,35H,11-12,14,16H2,1-5H3,(H,37,38)/t18-,19-,21?,22-,24-,25+,26-,27+,29-,31?,32?,33?/m1/s1. The fourth-order valence-corrected chi connectivity index (χ4v) is 10.3. The first-order chi connectivity index (χ1) is 20.0. The second kappa shape index (κ2) is 10.3. The molecule has 4 fully saturated rings. The predicted molar refractivity (Wildman–Crippen MR) is 150 cm³/mol. The maximum atomic E-state index is 13.6. The second-order valence-corrected chi connectivity index (χ2v) is 13.5. The van der Waals surface area contributed by atoms with Gasteiger partial charge in [0.05, 0.1) is 23.7 Å². The van der Waals surface area contributed by atoms with Crippen LogP contribution in [0.25, 0.3) is 0 Å². The smallest absolute Gasteiger partial charge is 0.338 e. The van der Waals surface area contributed by atoms with E-state index in [-0.39, 0.29) is 36.2 Å². The van der Waals surface area contributed by atoms with Gasteiger partial charge in [0.15, 0.2) is 12.4 Å². The van der Waals surface area contributed by atoms with E-state index in [0.717, 1.165) is 24.7 Å². The van der Waals surface area contributed by atoms with Crippen molar-refractivity contribution in [2.24, 2.45) is 45.8 Å². The van der Waals surface area contributed by atoms with Crippen LogP contribution in [0.3, 0.4) is 0 Å². The summed E-state index contributed by atoms with van der Waals surface area (Å²) in [6.07, 6.45) is 0.300. The number of carbonyl (C=O) groups excluding carboxylic acids is 2. The van der Waals surface area contributed by atoms with Crippen LogP contribution in [-0.2, 0) is 28.5 Å². The zero-order valence-corrected chi connectivity index (χ0v) is 24.9. The van der Waals surface area contributed by atoms with Crippen molar-refractivity contribution in [3.8, 4) is 0 Å². The van der Waals surface area contributed by atoms with Gasteiger partial charge in [0.1, 0.15) is 23.9 Å². The summed E-state index contributed by atoms with van der Waals surface area (Å²) in [6.45, 7) is 7.91. The van der Waals surface area contributed by atoms with Crippen LogP contribution >= 0.6 is 0 Å². The number of carboxylic acids is 1. The molecule has 228 valence electrons. The lowest BCUT2D eigenvalue weighted by Crippen LogP contribution is -2.60. The quantitative estimate of drug-likeness (QED) is 0.253. The first kappa shape index (κ1) is 29.5. The Balaban J connectivity index is 1.34. The SMILES string of the molecule is CO[C@H]1[C@@H](OC(=O)c2ccccc2)[C@H](O)[C@H](OCC23C4C=C(C(C)C)C2(C(=O)O)C(C=O)(C4)[C@@H]2CC[C@@H](C)[C@H]23)O[C@@H]1C. The van der Waals surface area contributed by atoms with Gasteiger partial charge in [0, 0.05) is 12.5 Å². The minimum Gasteiger partial charge on any atom is -0.481 e. The summed E-state index contributed by atoms with van der Waals surface area (Å²) in [5.74, 6) is -1.62. The largest absolute Gasteiger partial charge is 0.481 e. The van der Waals surface area contributed by atoms with Gasteiger partial charge >= 0.3 is 11.9 Å². The van der Waals surface area contributed by atoms with Gasteiger partial charge in [-0.15, -0.1) is 0 Å². The van der Waals surface area contributed by atoms with Crippen molar-refractivity contribution in [2.75, 3.05) is 13.7 Å². The Morgan fingerprint density at radius 2 is 1.86 bits per heavy atom. The Morgan fingerprint density at radius 3 is 2.48 bits per heavy atom. The van der Waals surface area contributed by atoms with E-state index < -0.39 is 58.9 Å². The average molecular weight is 583 g/mol. The lowest BCUT2D eigenvalue weighted by molar-refractivity contribution is -0.305. The minimum absolute atomic E-state index is 0.00320. The zero-order chi connectivity index (χ0) is 30.2. The number of allylic oxidation sites excluding steroid dienone is 1. The maximum Gasteiger partial charge on any atom is 0.338 e. The van der Waals surface area contributed by atoms with Crippen LogP contribution in [0.1, 0.15) is 57.3 Å². The molecule has 0 aromatic heterocycles. The van der Waals surface area contributed by atoms with Gasteiger partial charge in [0.2, 0.25) is 0 Å². The molecule has 2 N–H and O–H groups in total.